The van der Waals surface area contributed by atoms with Crippen LogP contribution >= 0.6 is 35.8 Å². The molecule has 90 valence electrons. The third-order valence-corrected chi connectivity index (χ3v) is 3.03. The summed E-state index contributed by atoms with van der Waals surface area (Å²) < 4.78 is 5.59. The SMILES string of the molecule is CC(CCS)CCOc1cc(Cl)cc(Cl)c1. The molecule has 0 radical (unpaired) electrons. The summed E-state index contributed by atoms with van der Waals surface area (Å²) in [5, 5.41) is 1.21. The van der Waals surface area contributed by atoms with Crippen molar-refractivity contribution in [1.29, 1.82) is 0 Å². The van der Waals surface area contributed by atoms with Crippen LogP contribution in [0.4, 0.5) is 0 Å². The zero-order valence-corrected chi connectivity index (χ0v) is 11.7. The largest absolute Gasteiger partial charge is 0.493 e. The van der Waals surface area contributed by atoms with Gasteiger partial charge in [-0.3, -0.25) is 0 Å². The lowest BCUT2D eigenvalue weighted by molar-refractivity contribution is 0.282. The second-order valence-electron chi connectivity index (χ2n) is 3.86. The lowest BCUT2D eigenvalue weighted by Crippen LogP contribution is -2.04. The molecule has 16 heavy (non-hydrogen) atoms. The maximum atomic E-state index is 5.87. The van der Waals surface area contributed by atoms with Crippen LogP contribution in [0.1, 0.15) is 19.8 Å². The number of ether oxygens (including phenoxy) is 1. The third kappa shape index (κ3) is 5.33. The summed E-state index contributed by atoms with van der Waals surface area (Å²) >= 11 is 15.9. The van der Waals surface area contributed by atoms with Crippen LogP contribution < -0.4 is 4.74 Å². The van der Waals surface area contributed by atoms with Crippen LogP contribution in [0.5, 0.6) is 5.75 Å². The van der Waals surface area contributed by atoms with Crippen molar-refractivity contribution in [2.45, 2.75) is 19.8 Å². The van der Waals surface area contributed by atoms with Crippen LogP contribution in [0.3, 0.4) is 0 Å². The normalized spacial score (nSPS) is 12.5. The molecule has 1 nitrogen and oxygen atoms in total. The Balaban J connectivity index is 2.37. The van der Waals surface area contributed by atoms with E-state index in [0.29, 0.717) is 22.6 Å². The fraction of sp³-hybridized carbons (Fsp3) is 0.500. The Labute approximate surface area is 112 Å². The molecule has 1 aromatic rings. The van der Waals surface area contributed by atoms with Gasteiger partial charge in [0.05, 0.1) is 6.61 Å². The van der Waals surface area contributed by atoms with Crippen molar-refractivity contribution in [3.63, 3.8) is 0 Å². The molecule has 0 spiro atoms. The molecule has 0 amide bonds. The van der Waals surface area contributed by atoms with Gasteiger partial charge in [0, 0.05) is 10.0 Å². The highest BCUT2D eigenvalue weighted by Crippen LogP contribution is 2.24. The third-order valence-electron chi connectivity index (χ3n) is 2.34. The first kappa shape index (κ1) is 14.0. The van der Waals surface area contributed by atoms with E-state index < -0.39 is 0 Å². The zero-order valence-electron chi connectivity index (χ0n) is 9.25. The molecule has 0 bridgehead atoms. The van der Waals surface area contributed by atoms with Gasteiger partial charge in [0.2, 0.25) is 0 Å². The zero-order chi connectivity index (χ0) is 12.0. The number of halogens is 2. The van der Waals surface area contributed by atoms with E-state index in [1.165, 1.54) is 0 Å². The van der Waals surface area contributed by atoms with Gasteiger partial charge in [0.1, 0.15) is 5.75 Å². The highest BCUT2D eigenvalue weighted by atomic mass is 35.5. The summed E-state index contributed by atoms with van der Waals surface area (Å²) in [5.41, 5.74) is 0. The van der Waals surface area contributed by atoms with E-state index in [4.69, 9.17) is 27.9 Å². The highest BCUT2D eigenvalue weighted by molar-refractivity contribution is 7.80. The molecule has 0 aliphatic carbocycles. The van der Waals surface area contributed by atoms with E-state index in [2.05, 4.69) is 19.6 Å². The molecule has 1 rings (SSSR count). The average Bonchev–Trinajstić information content (AvgIpc) is 2.16. The molecule has 0 aliphatic rings. The van der Waals surface area contributed by atoms with E-state index in [9.17, 15) is 0 Å². The maximum absolute atomic E-state index is 5.87. The number of hydrogen-bond donors (Lipinski definition) is 1. The predicted octanol–water partition coefficient (Wildman–Crippen LogP) is 4.72. The second kappa shape index (κ2) is 7.31. The monoisotopic (exact) mass is 278 g/mol. The quantitative estimate of drug-likeness (QED) is 0.741. The van der Waals surface area contributed by atoms with Gasteiger partial charge in [0.25, 0.3) is 0 Å². The molecule has 0 aromatic heterocycles. The molecule has 1 atom stereocenters. The molecule has 0 fully saturated rings. The van der Waals surface area contributed by atoms with Gasteiger partial charge in [-0.2, -0.15) is 12.6 Å². The van der Waals surface area contributed by atoms with Crippen molar-refractivity contribution in [2.24, 2.45) is 5.92 Å². The summed E-state index contributed by atoms with van der Waals surface area (Å²) in [5.74, 6) is 2.28. The van der Waals surface area contributed by atoms with Crippen LogP contribution in [0.25, 0.3) is 0 Å². The minimum atomic E-state index is 0.603. The predicted molar refractivity (Wildman–Crippen MR) is 74.2 cm³/mol. The van der Waals surface area contributed by atoms with Gasteiger partial charge < -0.3 is 4.74 Å². The van der Waals surface area contributed by atoms with Gasteiger partial charge in [-0.05, 0) is 42.7 Å². The van der Waals surface area contributed by atoms with Crippen LogP contribution in [-0.4, -0.2) is 12.4 Å². The smallest absolute Gasteiger partial charge is 0.122 e. The Hall–Kier alpha value is -0.0500. The number of hydrogen-bond acceptors (Lipinski definition) is 2. The first-order valence-electron chi connectivity index (χ1n) is 5.31. The Morgan fingerprint density at radius 1 is 1.19 bits per heavy atom. The Bertz CT molecular complexity index is 311. The van der Waals surface area contributed by atoms with Crippen LogP contribution in [0.15, 0.2) is 18.2 Å². The summed E-state index contributed by atoms with van der Waals surface area (Å²) in [4.78, 5) is 0. The molecule has 1 aromatic carbocycles. The summed E-state index contributed by atoms with van der Waals surface area (Å²) in [6.45, 7) is 2.89. The molecule has 0 aliphatic heterocycles. The van der Waals surface area contributed by atoms with Crippen molar-refractivity contribution in [3.8, 4) is 5.75 Å². The maximum Gasteiger partial charge on any atom is 0.122 e. The number of benzene rings is 1. The molecular weight excluding hydrogens is 263 g/mol. The van der Waals surface area contributed by atoms with Crippen molar-refractivity contribution in [2.75, 3.05) is 12.4 Å². The minimum Gasteiger partial charge on any atom is -0.493 e. The van der Waals surface area contributed by atoms with Gasteiger partial charge >= 0.3 is 0 Å². The minimum absolute atomic E-state index is 0.603. The van der Waals surface area contributed by atoms with Gasteiger partial charge in [-0.15, -0.1) is 0 Å². The van der Waals surface area contributed by atoms with Crippen molar-refractivity contribution in [1.82, 2.24) is 0 Å². The number of rotatable bonds is 6. The molecule has 0 saturated heterocycles. The summed E-state index contributed by atoms with van der Waals surface area (Å²) in [6.07, 6.45) is 2.13. The first-order chi connectivity index (χ1) is 7.61. The lowest BCUT2D eigenvalue weighted by Gasteiger charge is -2.11. The molecule has 0 saturated carbocycles. The molecular formula is C12H16Cl2OS. The average molecular weight is 279 g/mol. The Morgan fingerprint density at radius 3 is 2.38 bits per heavy atom. The lowest BCUT2D eigenvalue weighted by atomic mass is 10.1. The Kier molecular flexibility index (Phi) is 6.40. The van der Waals surface area contributed by atoms with Crippen LogP contribution in [0.2, 0.25) is 10.0 Å². The summed E-state index contributed by atoms with van der Waals surface area (Å²) in [7, 11) is 0. The van der Waals surface area contributed by atoms with E-state index in [0.717, 1.165) is 24.3 Å². The Morgan fingerprint density at radius 2 is 1.81 bits per heavy atom. The van der Waals surface area contributed by atoms with E-state index >= 15 is 0 Å². The van der Waals surface area contributed by atoms with Gasteiger partial charge in [-0.1, -0.05) is 30.1 Å². The van der Waals surface area contributed by atoms with Gasteiger partial charge in [0.15, 0.2) is 0 Å². The van der Waals surface area contributed by atoms with Crippen molar-refractivity contribution < 1.29 is 4.74 Å². The molecule has 1 unspecified atom stereocenters. The first-order valence-corrected chi connectivity index (χ1v) is 6.70. The van der Waals surface area contributed by atoms with Gasteiger partial charge in [-0.25, -0.2) is 0 Å². The molecule has 0 N–H and O–H groups in total. The van der Waals surface area contributed by atoms with E-state index in [1.54, 1.807) is 18.2 Å². The topological polar surface area (TPSA) is 9.23 Å². The molecule has 0 heterocycles. The number of thiol groups is 1. The standard InChI is InChI=1S/C12H16Cl2OS/c1-9(3-5-16)2-4-15-12-7-10(13)6-11(14)8-12/h6-9,16H,2-5H2,1H3. The summed E-state index contributed by atoms with van der Waals surface area (Å²) in [6, 6.07) is 5.24. The second-order valence-corrected chi connectivity index (χ2v) is 5.18. The fourth-order valence-corrected chi connectivity index (χ4v) is 2.30. The van der Waals surface area contributed by atoms with E-state index in [1.807, 2.05) is 0 Å². The van der Waals surface area contributed by atoms with Crippen LogP contribution in [-0.2, 0) is 0 Å². The molecule has 4 heteroatoms. The van der Waals surface area contributed by atoms with Crippen molar-refractivity contribution in [3.05, 3.63) is 28.2 Å². The fourth-order valence-electron chi connectivity index (χ4n) is 1.35. The van der Waals surface area contributed by atoms with E-state index in [-0.39, 0.29) is 0 Å². The van der Waals surface area contributed by atoms with Crippen LogP contribution in [0, 0.1) is 5.92 Å². The van der Waals surface area contributed by atoms with Crippen molar-refractivity contribution >= 4 is 35.8 Å². The highest BCUT2D eigenvalue weighted by Gasteiger charge is 2.03.